The Morgan fingerprint density at radius 1 is 1.33 bits per heavy atom. The predicted molar refractivity (Wildman–Crippen MR) is 54.3 cm³/mol. The van der Waals surface area contributed by atoms with Crippen LogP contribution in [0.3, 0.4) is 0 Å². The lowest BCUT2D eigenvalue weighted by Gasteiger charge is -2.04. The molecule has 0 unspecified atom stereocenters. The van der Waals surface area contributed by atoms with Gasteiger partial charge < -0.3 is 11.5 Å². The average Bonchev–Trinajstić information content (AvgIpc) is 2.65. The first kappa shape index (κ1) is 9.20. The number of aromatic nitrogens is 3. The van der Waals surface area contributed by atoms with E-state index in [0.29, 0.717) is 11.3 Å². The summed E-state index contributed by atoms with van der Waals surface area (Å²) in [5.41, 5.74) is 11.6. The van der Waals surface area contributed by atoms with Gasteiger partial charge in [0.1, 0.15) is 6.33 Å². The van der Waals surface area contributed by atoms with Gasteiger partial charge in [0, 0.05) is 0 Å². The van der Waals surface area contributed by atoms with Gasteiger partial charge in [0.2, 0.25) is 5.95 Å². The number of anilines is 1. The van der Waals surface area contributed by atoms with Crippen LogP contribution in [0.25, 0.3) is 5.69 Å². The molecule has 0 aliphatic heterocycles. The van der Waals surface area contributed by atoms with Gasteiger partial charge in [0.25, 0.3) is 5.91 Å². The number of primary amides is 1. The minimum atomic E-state index is -0.514. The van der Waals surface area contributed by atoms with Crippen molar-refractivity contribution >= 4 is 11.9 Å². The number of nitrogens with zero attached hydrogens (tertiary/aromatic N) is 3. The molecule has 0 fully saturated rings. The zero-order valence-electron chi connectivity index (χ0n) is 7.79. The zero-order valence-corrected chi connectivity index (χ0v) is 7.79. The van der Waals surface area contributed by atoms with Crippen LogP contribution in [0, 0.1) is 0 Å². The number of carbonyl (C=O) groups is 1. The van der Waals surface area contributed by atoms with Crippen LogP contribution in [0.15, 0.2) is 30.6 Å². The lowest BCUT2D eigenvalue weighted by atomic mass is 10.2. The van der Waals surface area contributed by atoms with E-state index in [1.165, 1.54) is 11.0 Å². The summed E-state index contributed by atoms with van der Waals surface area (Å²) < 4.78 is 1.41. The number of carbonyl (C=O) groups excluding carboxylic acids is 1. The predicted octanol–water partition coefficient (Wildman–Crippen LogP) is -0.0516. The summed E-state index contributed by atoms with van der Waals surface area (Å²) in [6.07, 6.45) is 1.43. The summed E-state index contributed by atoms with van der Waals surface area (Å²) >= 11 is 0. The molecule has 0 atom stereocenters. The number of rotatable bonds is 2. The molecule has 1 aromatic heterocycles. The van der Waals surface area contributed by atoms with Gasteiger partial charge in [-0.3, -0.25) is 4.79 Å². The Bertz CT molecular complexity index is 505. The second kappa shape index (κ2) is 3.41. The van der Waals surface area contributed by atoms with Crippen molar-refractivity contribution in [3.05, 3.63) is 36.2 Å². The highest BCUT2D eigenvalue weighted by molar-refractivity contribution is 5.96. The molecule has 0 aliphatic carbocycles. The summed E-state index contributed by atoms with van der Waals surface area (Å²) in [5, 5.41) is 3.90. The van der Waals surface area contributed by atoms with Crippen LogP contribution in [0.1, 0.15) is 10.4 Å². The summed E-state index contributed by atoms with van der Waals surface area (Å²) in [6, 6.07) is 6.84. The van der Waals surface area contributed by atoms with Gasteiger partial charge in [-0.2, -0.15) is 0 Å². The number of para-hydroxylation sites is 1. The highest BCUT2D eigenvalue weighted by atomic mass is 16.1. The maximum absolute atomic E-state index is 11.1. The fourth-order valence-corrected chi connectivity index (χ4v) is 1.27. The molecular formula is C9H9N5O. The van der Waals surface area contributed by atoms with Crippen LogP contribution in [-0.2, 0) is 0 Å². The highest BCUT2D eigenvalue weighted by Gasteiger charge is 2.09. The number of nitrogens with two attached hydrogens (primary N) is 2. The van der Waals surface area contributed by atoms with Crippen LogP contribution < -0.4 is 11.5 Å². The van der Waals surface area contributed by atoms with Gasteiger partial charge in [-0.05, 0) is 12.1 Å². The summed E-state index contributed by atoms with van der Waals surface area (Å²) in [4.78, 5) is 14.9. The van der Waals surface area contributed by atoms with Crippen molar-refractivity contribution in [1.82, 2.24) is 14.8 Å². The standard InChI is InChI=1S/C9H9N5O/c10-8(15)6-3-1-2-4-7(6)14-5-12-9(11)13-14/h1-5H,(H2,10,15)(H2,11,13). The molecule has 0 aliphatic rings. The molecule has 15 heavy (non-hydrogen) atoms. The van der Waals surface area contributed by atoms with Crippen LogP contribution in [0.4, 0.5) is 5.95 Å². The molecule has 1 heterocycles. The minimum absolute atomic E-state index is 0.147. The van der Waals surface area contributed by atoms with E-state index in [0.717, 1.165) is 0 Å². The van der Waals surface area contributed by atoms with Gasteiger partial charge in [-0.15, -0.1) is 5.10 Å². The van der Waals surface area contributed by atoms with E-state index >= 15 is 0 Å². The van der Waals surface area contributed by atoms with E-state index in [9.17, 15) is 4.79 Å². The van der Waals surface area contributed by atoms with Crippen LogP contribution in [-0.4, -0.2) is 20.7 Å². The van der Waals surface area contributed by atoms with Crippen molar-refractivity contribution in [2.75, 3.05) is 5.73 Å². The lowest BCUT2D eigenvalue weighted by Crippen LogP contribution is -2.14. The monoisotopic (exact) mass is 203 g/mol. The number of nitrogen functional groups attached to an aromatic ring is 1. The Balaban J connectivity index is 2.57. The van der Waals surface area contributed by atoms with E-state index in [2.05, 4.69) is 10.1 Å². The van der Waals surface area contributed by atoms with Gasteiger partial charge >= 0.3 is 0 Å². The third-order valence-corrected chi connectivity index (χ3v) is 1.93. The highest BCUT2D eigenvalue weighted by Crippen LogP contribution is 2.12. The topological polar surface area (TPSA) is 99.8 Å². The molecule has 1 amide bonds. The quantitative estimate of drug-likeness (QED) is 0.714. The number of amides is 1. The van der Waals surface area contributed by atoms with Crippen molar-refractivity contribution in [2.45, 2.75) is 0 Å². The van der Waals surface area contributed by atoms with E-state index in [1.54, 1.807) is 24.3 Å². The maximum atomic E-state index is 11.1. The molecule has 6 heteroatoms. The Morgan fingerprint density at radius 2 is 2.07 bits per heavy atom. The summed E-state index contributed by atoms with van der Waals surface area (Å²) in [5.74, 6) is -0.367. The SMILES string of the molecule is NC(=O)c1ccccc1-n1cnc(N)n1. The van der Waals surface area contributed by atoms with E-state index < -0.39 is 5.91 Å². The Morgan fingerprint density at radius 3 is 2.67 bits per heavy atom. The molecule has 0 spiro atoms. The second-order valence-electron chi connectivity index (χ2n) is 2.93. The summed E-state index contributed by atoms with van der Waals surface area (Å²) in [6.45, 7) is 0. The van der Waals surface area contributed by atoms with Crippen molar-refractivity contribution in [2.24, 2.45) is 5.73 Å². The van der Waals surface area contributed by atoms with Gasteiger partial charge in [-0.25, -0.2) is 9.67 Å². The van der Waals surface area contributed by atoms with Crippen molar-refractivity contribution < 1.29 is 4.79 Å². The molecule has 2 rings (SSSR count). The minimum Gasteiger partial charge on any atom is -0.366 e. The van der Waals surface area contributed by atoms with Gasteiger partial charge in [0.05, 0.1) is 11.3 Å². The third-order valence-electron chi connectivity index (χ3n) is 1.93. The van der Waals surface area contributed by atoms with Crippen LogP contribution >= 0.6 is 0 Å². The first-order valence-electron chi connectivity index (χ1n) is 4.25. The number of benzene rings is 1. The van der Waals surface area contributed by atoms with E-state index in [4.69, 9.17) is 11.5 Å². The molecule has 2 aromatic rings. The Labute approximate surface area is 85.5 Å². The molecule has 4 N–H and O–H groups in total. The molecule has 6 nitrogen and oxygen atoms in total. The molecule has 0 radical (unpaired) electrons. The zero-order chi connectivity index (χ0) is 10.8. The van der Waals surface area contributed by atoms with Gasteiger partial charge in [-0.1, -0.05) is 12.1 Å². The average molecular weight is 203 g/mol. The molecule has 1 aromatic carbocycles. The fourth-order valence-electron chi connectivity index (χ4n) is 1.27. The maximum Gasteiger partial charge on any atom is 0.250 e. The Hall–Kier alpha value is -2.37. The largest absolute Gasteiger partial charge is 0.366 e. The van der Waals surface area contributed by atoms with Crippen LogP contribution in [0.2, 0.25) is 0 Å². The van der Waals surface area contributed by atoms with E-state index in [-0.39, 0.29) is 5.95 Å². The van der Waals surface area contributed by atoms with E-state index in [1.807, 2.05) is 0 Å². The molecular weight excluding hydrogens is 194 g/mol. The first-order valence-corrected chi connectivity index (χ1v) is 4.25. The van der Waals surface area contributed by atoms with Crippen molar-refractivity contribution in [3.8, 4) is 5.69 Å². The first-order chi connectivity index (χ1) is 7.18. The third kappa shape index (κ3) is 1.64. The summed E-state index contributed by atoms with van der Waals surface area (Å²) in [7, 11) is 0. The number of hydrogen-bond acceptors (Lipinski definition) is 4. The number of hydrogen-bond donors (Lipinski definition) is 2. The molecule has 76 valence electrons. The normalized spacial score (nSPS) is 10.1. The van der Waals surface area contributed by atoms with Crippen LogP contribution in [0.5, 0.6) is 0 Å². The van der Waals surface area contributed by atoms with Crippen molar-refractivity contribution in [1.29, 1.82) is 0 Å². The smallest absolute Gasteiger partial charge is 0.250 e. The Kier molecular flexibility index (Phi) is 2.09. The van der Waals surface area contributed by atoms with Crippen molar-refractivity contribution in [3.63, 3.8) is 0 Å². The fraction of sp³-hybridized carbons (Fsp3) is 0. The molecule has 0 bridgehead atoms. The molecule has 0 saturated carbocycles. The second-order valence-corrected chi connectivity index (χ2v) is 2.93. The van der Waals surface area contributed by atoms with Gasteiger partial charge in [0.15, 0.2) is 0 Å². The molecule has 0 saturated heterocycles. The lowest BCUT2D eigenvalue weighted by molar-refractivity contribution is 0.1000.